The number of nitrogens with zero attached hydrogens (tertiary/aromatic N) is 3. The van der Waals surface area contributed by atoms with Crippen LogP contribution in [0.3, 0.4) is 0 Å². The lowest BCUT2D eigenvalue weighted by atomic mass is 10.3. The molecule has 132 valence electrons. The summed E-state index contributed by atoms with van der Waals surface area (Å²) >= 11 is 0. The quantitative estimate of drug-likeness (QED) is 0.298. The van der Waals surface area contributed by atoms with Crippen LogP contribution >= 0.6 is 0 Å². The Bertz CT molecular complexity index is 1080. The van der Waals surface area contributed by atoms with Gasteiger partial charge in [-0.25, -0.2) is 9.78 Å². The molecular weight excluding hydrogens is 342 g/mol. The van der Waals surface area contributed by atoms with E-state index in [9.17, 15) is 19.7 Å². The van der Waals surface area contributed by atoms with Crippen LogP contribution in [0.25, 0.3) is 11.7 Å². The summed E-state index contributed by atoms with van der Waals surface area (Å²) in [6.45, 7) is 1.61. The molecule has 0 aliphatic heterocycles. The first-order valence-electron chi connectivity index (χ1n) is 7.51. The normalized spacial score (nSPS) is 11.1. The fourth-order valence-corrected chi connectivity index (χ4v) is 2.31. The average molecular weight is 355 g/mol. The fraction of sp³-hybridized carbons (Fsp3) is 0.118. The van der Waals surface area contributed by atoms with Crippen LogP contribution in [-0.4, -0.2) is 20.3 Å². The Morgan fingerprint density at radius 2 is 2.19 bits per heavy atom. The first kappa shape index (κ1) is 17.1. The first-order chi connectivity index (χ1) is 12.4. The molecule has 0 unspecified atom stereocenters. The smallest absolute Gasteiger partial charge is 0.433 e. The highest BCUT2D eigenvalue weighted by Gasteiger charge is 2.10. The van der Waals surface area contributed by atoms with Gasteiger partial charge < -0.3 is 9.15 Å². The molecule has 3 aromatic rings. The maximum absolute atomic E-state index is 12.1. The maximum Gasteiger partial charge on any atom is 0.433 e. The van der Waals surface area contributed by atoms with E-state index in [1.807, 2.05) is 0 Å². The van der Waals surface area contributed by atoms with Crippen molar-refractivity contribution in [2.75, 3.05) is 0 Å². The van der Waals surface area contributed by atoms with E-state index in [-0.39, 0.29) is 17.9 Å². The van der Waals surface area contributed by atoms with Gasteiger partial charge in [0, 0.05) is 17.8 Å². The third-order valence-corrected chi connectivity index (χ3v) is 3.47. The Morgan fingerprint density at radius 1 is 1.38 bits per heavy atom. The standard InChI is InChI=1S/C17H13N3O6/c1-11-3-2-4-14-18-12(9-15(21)19(11)14)10-25-17(22)8-6-13-5-7-16(26-13)20(23)24/h2-9H,10H2,1H3/b8-6+. The number of pyridine rings is 1. The summed E-state index contributed by atoms with van der Waals surface area (Å²) in [7, 11) is 0. The minimum absolute atomic E-state index is 0.145. The van der Waals surface area contributed by atoms with Crippen molar-refractivity contribution in [3.05, 3.63) is 80.1 Å². The number of carbonyl (C=O) groups excluding carboxylic acids is 1. The number of furan rings is 1. The lowest BCUT2D eigenvalue weighted by molar-refractivity contribution is -0.402. The highest BCUT2D eigenvalue weighted by molar-refractivity contribution is 5.86. The van der Waals surface area contributed by atoms with Crippen molar-refractivity contribution in [1.82, 2.24) is 9.38 Å². The minimum atomic E-state index is -0.699. The van der Waals surface area contributed by atoms with E-state index < -0.39 is 16.8 Å². The molecule has 9 heteroatoms. The van der Waals surface area contributed by atoms with E-state index >= 15 is 0 Å². The van der Waals surface area contributed by atoms with Gasteiger partial charge in [0.25, 0.3) is 5.56 Å². The lowest BCUT2D eigenvalue weighted by Gasteiger charge is -2.06. The van der Waals surface area contributed by atoms with Crippen LogP contribution in [-0.2, 0) is 16.1 Å². The summed E-state index contributed by atoms with van der Waals surface area (Å²) in [6.07, 6.45) is 2.32. The predicted octanol–water partition coefficient (Wildman–Crippen LogP) is 2.26. The molecule has 9 nitrogen and oxygen atoms in total. The molecule has 3 heterocycles. The van der Waals surface area contributed by atoms with Crippen LogP contribution in [0.4, 0.5) is 5.88 Å². The average Bonchev–Trinajstić information content (AvgIpc) is 3.07. The maximum atomic E-state index is 12.1. The van der Waals surface area contributed by atoms with E-state index in [1.54, 1.807) is 25.1 Å². The topological polar surface area (TPSA) is 117 Å². The van der Waals surface area contributed by atoms with Gasteiger partial charge in [0.2, 0.25) is 0 Å². The molecule has 0 bridgehead atoms. The van der Waals surface area contributed by atoms with E-state index in [0.29, 0.717) is 11.3 Å². The fourth-order valence-electron chi connectivity index (χ4n) is 2.31. The molecule has 0 aromatic carbocycles. The molecule has 0 aliphatic rings. The second-order valence-electron chi connectivity index (χ2n) is 5.32. The predicted molar refractivity (Wildman–Crippen MR) is 90.4 cm³/mol. The van der Waals surface area contributed by atoms with Crippen molar-refractivity contribution in [2.24, 2.45) is 0 Å². The van der Waals surface area contributed by atoms with E-state index in [1.165, 1.54) is 28.7 Å². The van der Waals surface area contributed by atoms with Gasteiger partial charge in [-0.1, -0.05) is 6.07 Å². The van der Waals surface area contributed by atoms with Crippen molar-refractivity contribution < 1.29 is 18.9 Å². The van der Waals surface area contributed by atoms with Gasteiger partial charge in [-0.15, -0.1) is 0 Å². The molecule has 0 radical (unpaired) electrons. The number of fused-ring (bicyclic) bond motifs is 1. The summed E-state index contributed by atoms with van der Waals surface area (Å²) < 4.78 is 11.4. The summed E-state index contributed by atoms with van der Waals surface area (Å²) in [4.78, 5) is 38.0. The van der Waals surface area contributed by atoms with E-state index in [0.717, 1.165) is 11.8 Å². The van der Waals surface area contributed by atoms with Gasteiger partial charge in [-0.2, -0.15) is 0 Å². The van der Waals surface area contributed by atoms with Gasteiger partial charge in [-0.3, -0.25) is 19.3 Å². The molecule has 0 spiro atoms. The number of carbonyl (C=O) groups is 1. The zero-order valence-electron chi connectivity index (χ0n) is 13.6. The van der Waals surface area contributed by atoms with Crippen molar-refractivity contribution in [3.8, 4) is 0 Å². The molecule has 3 aromatic heterocycles. The van der Waals surface area contributed by atoms with E-state index in [4.69, 9.17) is 9.15 Å². The second kappa shape index (κ2) is 7.01. The number of aromatic nitrogens is 2. The third kappa shape index (κ3) is 3.66. The van der Waals surface area contributed by atoms with Crippen molar-refractivity contribution >= 4 is 23.6 Å². The van der Waals surface area contributed by atoms with Crippen LogP contribution in [0.1, 0.15) is 17.1 Å². The van der Waals surface area contributed by atoms with Crippen LogP contribution in [0.2, 0.25) is 0 Å². The largest absolute Gasteiger partial charge is 0.456 e. The van der Waals surface area contributed by atoms with Crippen molar-refractivity contribution in [2.45, 2.75) is 13.5 Å². The minimum Gasteiger partial charge on any atom is -0.456 e. The molecule has 26 heavy (non-hydrogen) atoms. The van der Waals surface area contributed by atoms with Crippen LogP contribution in [0.5, 0.6) is 0 Å². The summed E-state index contributed by atoms with van der Waals surface area (Å²) in [6, 6.07) is 9.09. The summed E-state index contributed by atoms with van der Waals surface area (Å²) in [5.41, 5.74) is 1.26. The Morgan fingerprint density at radius 3 is 2.92 bits per heavy atom. The molecular formula is C17H13N3O6. The van der Waals surface area contributed by atoms with Gasteiger partial charge in [0.1, 0.15) is 22.9 Å². The summed E-state index contributed by atoms with van der Waals surface area (Å²) in [5, 5.41) is 10.5. The number of esters is 1. The van der Waals surface area contributed by atoms with Crippen LogP contribution in [0.15, 0.2) is 51.7 Å². The number of aryl methyl sites for hydroxylation is 1. The zero-order chi connectivity index (χ0) is 18.7. The van der Waals surface area contributed by atoms with Gasteiger partial charge >= 0.3 is 11.9 Å². The molecule has 0 atom stereocenters. The van der Waals surface area contributed by atoms with Crippen molar-refractivity contribution in [1.29, 1.82) is 0 Å². The lowest BCUT2D eigenvalue weighted by Crippen LogP contribution is -2.18. The molecule has 0 amide bonds. The van der Waals surface area contributed by atoms with E-state index in [2.05, 4.69) is 4.98 Å². The summed E-state index contributed by atoms with van der Waals surface area (Å²) in [5.74, 6) is -0.976. The van der Waals surface area contributed by atoms with Crippen LogP contribution < -0.4 is 5.56 Å². The molecule has 0 saturated heterocycles. The highest BCUT2D eigenvalue weighted by Crippen LogP contribution is 2.16. The van der Waals surface area contributed by atoms with Crippen molar-refractivity contribution in [3.63, 3.8) is 0 Å². The number of rotatable bonds is 5. The van der Waals surface area contributed by atoms with Gasteiger partial charge in [0.05, 0.1) is 11.8 Å². The van der Waals surface area contributed by atoms with Gasteiger partial charge in [0.15, 0.2) is 0 Å². The Labute approximate surface area is 146 Å². The second-order valence-corrected chi connectivity index (χ2v) is 5.32. The van der Waals surface area contributed by atoms with Gasteiger partial charge in [-0.05, 0) is 31.2 Å². The zero-order valence-corrected chi connectivity index (χ0v) is 13.6. The molecule has 3 rings (SSSR count). The molecule has 0 aliphatic carbocycles. The SMILES string of the molecule is Cc1cccc2nc(COC(=O)/C=C/c3ccc([N+](=O)[O-])o3)cc(=O)n12. The monoisotopic (exact) mass is 355 g/mol. The molecule has 0 saturated carbocycles. The Kier molecular flexibility index (Phi) is 4.61. The number of hydrogen-bond acceptors (Lipinski definition) is 7. The number of hydrogen-bond donors (Lipinski definition) is 0. The van der Waals surface area contributed by atoms with Crippen LogP contribution in [0, 0.1) is 17.0 Å². The number of ether oxygens (including phenoxy) is 1. The molecule has 0 N–H and O–H groups in total. The first-order valence-corrected chi connectivity index (χ1v) is 7.51. The highest BCUT2D eigenvalue weighted by atomic mass is 16.6. The Balaban J connectivity index is 1.67. The number of nitro groups is 1. The molecule has 0 fully saturated rings. The third-order valence-electron chi connectivity index (χ3n) is 3.47. The Hall–Kier alpha value is -3.75.